The predicted octanol–water partition coefficient (Wildman–Crippen LogP) is 4.49. The number of halogens is 3. The van der Waals surface area contributed by atoms with Crippen molar-refractivity contribution in [3.8, 4) is 11.1 Å². The fourth-order valence-corrected chi connectivity index (χ4v) is 5.46. The Morgan fingerprint density at radius 1 is 1.11 bits per heavy atom. The molecule has 250 valence electrons. The largest absolute Gasteiger partial charge is 0.496 e. The van der Waals surface area contributed by atoms with E-state index in [0.29, 0.717) is 55.4 Å². The van der Waals surface area contributed by atoms with E-state index in [4.69, 9.17) is 4.74 Å². The van der Waals surface area contributed by atoms with E-state index in [-0.39, 0.29) is 6.04 Å². The average Bonchev–Trinajstić information content (AvgIpc) is 3.45. The molecule has 1 atom stereocenters. The van der Waals surface area contributed by atoms with E-state index in [2.05, 4.69) is 29.9 Å². The van der Waals surface area contributed by atoms with Crippen LogP contribution in [0, 0.1) is 13.8 Å². The van der Waals surface area contributed by atoms with Crippen LogP contribution >= 0.6 is 0 Å². The Bertz CT molecular complexity index is 1540. The number of hydrogen-bond acceptors (Lipinski definition) is 9. The van der Waals surface area contributed by atoms with Gasteiger partial charge in [0.25, 0.3) is 0 Å². The van der Waals surface area contributed by atoms with Crippen LogP contribution in [0.15, 0.2) is 53.8 Å². The van der Waals surface area contributed by atoms with E-state index in [0.717, 1.165) is 46.2 Å². The summed E-state index contributed by atoms with van der Waals surface area (Å²) in [4.78, 5) is 34.8. The molecule has 10 nitrogen and oxygen atoms in total. The van der Waals surface area contributed by atoms with Gasteiger partial charge in [-0.2, -0.15) is 13.2 Å². The summed E-state index contributed by atoms with van der Waals surface area (Å²) in [5, 5.41) is 5.87. The van der Waals surface area contributed by atoms with Crippen LogP contribution in [0.2, 0.25) is 0 Å². The van der Waals surface area contributed by atoms with Crippen molar-refractivity contribution in [3.05, 3.63) is 76.5 Å². The van der Waals surface area contributed by atoms with Crippen LogP contribution in [0.5, 0.6) is 0 Å². The number of aryl methyl sites for hydroxylation is 1. The van der Waals surface area contributed by atoms with Gasteiger partial charge in [-0.3, -0.25) is 19.4 Å². The van der Waals surface area contributed by atoms with Crippen molar-refractivity contribution in [3.63, 3.8) is 0 Å². The van der Waals surface area contributed by atoms with Gasteiger partial charge in [-0.1, -0.05) is 0 Å². The quantitative estimate of drug-likeness (QED) is 0.135. The number of likely N-dealkylation sites (N-methyl/N-ethyl adjacent to an activating group) is 1. The number of carbonyl (C=O) groups excluding carboxylic acids is 2. The predicted molar refractivity (Wildman–Crippen MR) is 173 cm³/mol. The van der Waals surface area contributed by atoms with E-state index < -0.39 is 12.7 Å². The number of fused-ring (bicyclic) bond motifs is 1. The first-order chi connectivity index (χ1) is 21.9. The Hall–Kier alpha value is -4.07. The molecule has 0 saturated carbocycles. The van der Waals surface area contributed by atoms with Gasteiger partial charge in [0.1, 0.15) is 17.9 Å². The van der Waals surface area contributed by atoms with E-state index in [1.807, 2.05) is 53.1 Å². The SMILES string of the molecule is CNC/C(C=O)=C(/C=C(/C)NC)OC.Cc1ncc(-c2ccn3c(C(C)N4CCN(CC(F)(F)F)CC4)c(C)c(C=O)cc23)cn1. The van der Waals surface area contributed by atoms with Crippen molar-refractivity contribution in [2.75, 3.05) is 60.5 Å². The highest BCUT2D eigenvalue weighted by Crippen LogP contribution is 2.33. The molecule has 0 aliphatic carbocycles. The first-order valence-electron chi connectivity index (χ1n) is 15.0. The van der Waals surface area contributed by atoms with Crippen LogP contribution in [-0.2, 0) is 9.53 Å². The molecule has 1 unspecified atom stereocenters. The summed E-state index contributed by atoms with van der Waals surface area (Å²) in [6.07, 6.45) is 4.77. The van der Waals surface area contributed by atoms with Gasteiger partial charge in [0, 0.05) is 98.1 Å². The van der Waals surface area contributed by atoms with Crippen LogP contribution in [0.1, 0.15) is 47.3 Å². The average molecular weight is 644 g/mol. The molecule has 4 rings (SSSR count). The highest BCUT2D eigenvalue weighted by atomic mass is 19.4. The molecule has 1 aliphatic rings. The van der Waals surface area contributed by atoms with Crippen molar-refractivity contribution in [2.24, 2.45) is 0 Å². The minimum Gasteiger partial charge on any atom is -0.496 e. The third-order valence-electron chi connectivity index (χ3n) is 8.05. The van der Waals surface area contributed by atoms with Crippen LogP contribution in [-0.4, -0.2) is 103 Å². The van der Waals surface area contributed by atoms with Gasteiger partial charge >= 0.3 is 6.18 Å². The number of pyridine rings is 1. The van der Waals surface area contributed by atoms with E-state index in [9.17, 15) is 22.8 Å². The minimum absolute atomic E-state index is 0.0695. The molecular weight excluding hydrogens is 599 g/mol. The van der Waals surface area contributed by atoms with Crippen molar-refractivity contribution in [2.45, 2.75) is 39.9 Å². The molecule has 13 heteroatoms. The maximum Gasteiger partial charge on any atom is 0.401 e. The van der Waals surface area contributed by atoms with Crippen molar-refractivity contribution < 1.29 is 27.5 Å². The number of nitrogens with one attached hydrogen (secondary N) is 2. The lowest BCUT2D eigenvalue weighted by Crippen LogP contribution is -2.49. The Kier molecular flexibility index (Phi) is 13.0. The number of carbonyl (C=O) groups is 2. The Morgan fingerprint density at radius 2 is 1.76 bits per heavy atom. The molecule has 0 aromatic carbocycles. The number of ether oxygens (including phenoxy) is 1. The summed E-state index contributed by atoms with van der Waals surface area (Å²) in [5.41, 5.74) is 6.65. The van der Waals surface area contributed by atoms with Crippen molar-refractivity contribution >= 4 is 18.1 Å². The zero-order valence-electron chi connectivity index (χ0n) is 27.5. The van der Waals surface area contributed by atoms with E-state index in [1.165, 1.54) is 4.90 Å². The monoisotopic (exact) mass is 643 g/mol. The van der Waals surface area contributed by atoms with E-state index in [1.54, 1.807) is 32.6 Å². The molecule has 0 radical (unpaired) electrons. The number of aldehydes is 2. The zero-order valence-corrected chi connectivity index (χ0v) is 27.5. The number of methoxy groups -OCH3 is 1. The summed E-state index contributed by atoms with van der Waals surface area (Å²) in [6, 6.07) is 3.78. The molecule has 0 bridgehead atoms. The topological polar surface area (TPSA) is 104 Å². The van der Waals surface area contributed by atoms with Gasteiger partial charge in [-0.15, -0.1) is 0 Å². The smallest absolute Gasteiger partial charge is 0.401 e. The van der Waals surface area contributed by atoms with Crippen LogP contribution in [0.25, 0.3) is 16.6 Å². The molecule has 0 spiro atoms. The maximum absolute atomic E-state index is 12.7. The number of allylic oxidation sites excluding steroid dienone is 2. The van der Waals surface area contributed by atoms with E-state index >= 15 is 0 Å². The molecule has 0 amide bonds. The fourth-order valence-electron chi connectivity index (χ4n) is 5.46. The van der Waals surface area contributed by atoms with Gasteiger partial charge in [0.15, 0.2) is 6.29 Å². The first kappa shape index (κ1) is 36.4. The number of hydrogen-bond donors (Lipinski definition) is 2. The summed E-state index contributed by atoms with van der Waals surface area (Å²) >= 11 is 0. The first-order valence-corrected chi connectivity index (χ1v) is 15.0. The molecule has 2 N–H and O–H groups in total. The van der Waals surface area contributed by atoms with Crippen LogP contribution < -0.4 is 10.6 Å². The fraction of sp³-hybridized carbons (Fsp3) is 0.455. The maximum atomic E-state index is 12.7. The number of rotatable bonds is 11. The lowest BCUT2D eigenvalue weighted by Gasteiger charge is -2.39. The second-order valence-corrected chi connectivity index (χ2v) is 11.2. The van der Waals surface area contributed by atoms with Gasteiger partial charge in [0.2, 0.25) is 0 Å². The molecule has 1 aliphatic heterocycles. The highest BCUT2D eigenvalue weighted by molar-refractivity contribution is 5.87. The normalized spacial score (nSPS) is 15.9. The Morgan fingerprint density at radius 3 is 2.28 bits per heavy atom. The number of piperazine rings is 1. The number of alkyl halides is 3. The molecule has 4 heterocycles. The zero-order chi connectivity index (χ0) is 34.0. The van der Waals surface area contributed by atoms with Gasteiger partial charge in [-0.05, 0) is 58.5 Å². The molecule has 1 fully saturated rings. The highest BCUT2D eigenvalue weighted by Gasteiger charge is 2.33. The second-order valence-electron chi connectivity index (χ2n) is 11.2. The Balaban J connectivity index is 0.000000349. The molecule has 1 saturated heterocycles. The standard InChI is InChI=1S/C23H26F3N5O.C10H18N2O2/c1-15-18(13-32)10-21-20(19-11-27-17(3)28-12-19)4-5-31(21)22(15)16(2)30-8-6-29(7-9-30)14-23(24,25)26;1-8(12-3)5-10(14-4)9(7-13)6-11-2/h4-5,10-13,16H,6-9,14H2,1-3H3;5,7,11-12H,6H2,1-4H3/b;8-5-,10-9+. The van der Waals surface area contributed by atoms with Crippen LogP contribution in [0.3, 0.4) is 0 Å². The molecular formula is C33H44F3N7O3. The number of nitrogens with zero attached hydrogens (tertiary/aromatic N) is 5. The van der Waals surface area contributed by atoms with Gasteiger partial charge < -0.3 is 19.8 Å². The molecule has 46 heavy (non-hydrogen) atoms. The van der Waals surface area contributed by atoms with Crippen LogP contribution in [0.4, 0.5) is 13.2 Å². The Labute approximate surface area is 268 Å². The second kappa shape index (κ2) is 16.5. The molecule has 3 aromatic rings. The van der Waals surface area contributed by atoms with Gasteiger partial charge in [-0.25, -0.2) is 9.97 Å². The summed E-state index contributed by atoms with van der Waals surface area (Å²) in [5.74, 6) is 1.27. The van der Waals surface area contributed by atoms with Crippen molar-refractivity contribution in [1.82, 2.24) is 34.8 Å². The summed E-state index contributed by atoms with van der Waals surface area (Å²) in [7, 11) is 5.15. The minimum atomic E-state index is -4.18. The summed E-state index contributed by atoms with van der Waals surface area (Å²) < 4.78 is 45.4. The summed E-state index contributed by atoms with van der Waals surface area (Å²) in [6.45, 7) is 9.10. The number of aromatic nitrogens is 3. The lowest BCUT2D eigenvalue weighted by atomic mass is 10.0. The third-order valence-corrected chi connectivity index (χ3v) is 8.05. The lowest BCUT2D eigenvalue weighted by molar-refractivity contribution is -0.149. The van der Waals surface area contributed by atoms with Gasteiger partial charge in [0.05, 0.1) is 19.2 Å². The molecule has 3 aromatic heterocycles. The third kappa shape index (κ3) is 9.24. The van der Waals surface area contributed by atoms with Crippen molar-refractivity contribution in [1.29, 1.82) is 0 Å².